The van der Waals surface area contributed by atoms with E-state index in [1.54, 1.807) is 12.1 Å². The first-order valence-electron chi connectivity index (χ1n) is 8.14. The van der Waals surface area contributed by atoms with Gasteiger partial charge in [0, 0.05) is 0 Å². The summed E-state index contributed by atoms with van der Waals surface area (Å²) in [5.41, 5.74) is 1.43. The fraction of sp³-hybridized carbons (Fsp3) is 0.143. The molecule has 1 amide bonds. The van der Waals surface area contributed by atoms with Crippen LogP contribution in [0.3, 0.4) is 0 Å². The third-order valence-electron chi connectivity index (χ3n) is 4.00. The first-order valence-corrected chi connectivity index (χ1v) is 8.14. The van der Waals surface area contributed by atoms with Crippen LogP contribution >= 0.6 is 0 Å². The van der Waals surface area contributed by atoms with E-state index in [1.807, 2.05) is 67.6 Å². The zero-order chi connectivity index (χ0) is 17.6. The van der Waals surface area contributed by atoms with E-state index in [-0.39, 0.29) is 18.6 Å². The minimum atomic E-state index is -0.506. The second-order valence-electron chi connectivity index (χ2n) is 5.84. The van der Waals surface area contributed by atoms with E-state index in [9.17, 15) is 9.59 Å². The van der Waals surface area contributed by atoms with Gasteiger partial charge in [-0.05, 0) is 35.4 Å². The van der Waals surface area contributed by atoms with Crippen molar-refractivity contribution in [2.45, 2.75) is 13.0 Å². The normalized spacial score (nSPS) is 11.7. The summed E-state index contributed by atoms with van der Waals surface area (Å²) in [5, 5.41) is 4.82. The lowest BCUT2D eigenvalue weighted by atomic mass is 10.1. The second-order valence-corrected chi connectivity index (χ2v) is 5.84. The highest BCUT2D eigenvalue weighted by Crippen LogP contribution is 2.16. The second kappa shape index (κ2) is 7.62. The van der Waals surface area contributed by atoms with Crippen LogP contribution in [-0.4, -0.2) is 18.5 Å². The predicted molar refractivity (Wildman–Crippen MR) is 97.2 cm³/mol. The molecule has 0 radical (unpaired) electrons. The number of benzene rings is 3. The van der Waals surface area contributed by atoms with E-state index in [4.69, 9.17) is 4.74 Å². The largest absolute Gasteiger partial charge is 0.452 e. The van der Waals surface area contributed by atoms with E-state index in [1.165, 1.54) is 0 Å². The zero-order valence-electron chi connectivity index (χ0n) is 13.9. The van der Waals surface area contributed by atoms with Gasteiger partial charge in [-0.25, -0.2) is 4.79 Å². The minimum Gasteiger partial charge on any atom is -0.452 e. The first-order chi connectivity index (χ1) is 12.1. The van der Waals surface area contributed by atoms with Crippen LogP contribution in [0.1, 0.15) is 28.9 Å². The Balaban J connectivity index is 1.56. The molecule has 0 aliphatic heterocycles. The number of rotatable bonds is 5. The highest BCUT2D eigenvalue weighted by molar-refractivity contribution is 5.96. The summed E-state index contributed by atoms with van der Waals surface area (Å²) < 4.78 is 5.12. The average molecular weight is 333 g/mol. The standard InChI is InChI=1S/C21H19NO3/c1-15(16-7-3-2-4-8-16)22-20(23)14-25-21(24)19-12-11-17-9-5-6-10-18(17)13-19/h2-13,15H,14H2,1H3,(H,22,23)/t15-/m1/s1. The number of fused-ring (bicyclic) bond motifs is 1. The number of nitrogens with one attached hydrogen (secondary N) is 1. The van der Waals surface area contributed by atoms with Crippen molar-refractivity contribution in [3.05, 3.63) is 83.9 Å². The number of hydrogen-bond acceptors (Lipinski definition) is 3. The Morgan fingerprint density at radius 1 is 0.920 bits per heavy atom. The molecule has 3 aromatic rings. The quantitative estimate of drug-likeness (QED) is 0.721. The topological polar surface area (TPSA) is 55.4 Å². The molecule has 1 N–H and O–H groups in total. The maximum Gasteiger partial charge on any atom is 0.338 e. The van der Waals surface area contributed by atoms with Crippen molar-refractivity contribution < 1.29 is 14.3 Å². The van der Waals surface area contributed by atoms with Crippen LogP contribution in [0, 0.1) is 0 Å². The maximum absolute atomic E-state index is 12.1. The summed E-state index contributed by atoms with van der Waals surface area (Å²) in [4.78, 5) is 24.1. The maximum atomic E-state index is 12.1. The monoisotopic (exact) mass is 333 g/mol. The zero-order valence-corrected chi connectivity index (χ0v) is 13.9. The van der Waals surface area contributed by atoms with Gasteiger partial charge < -0.3 is 10.1 Å². The molecule has 1 atom stereocenters. The Bertz CT molecular complexity index is 890. The molecular weight excluding hydrogens is 314 g/mol. The van der Waals surface area contributed by atoms with Crippen LogP contribution < -0.4 is 5.32 Å². The van der Waals surface area contributed by atoms with Gasteiger partial charge in [0.1, 0.15) is 0 Å². The summed E-state index contributed by atoms with van der Waals surface area (Å²) in [6.45, 7) is 1.58. The van der Waals surface area contributed by atoms with Gasteiger partial charge in [0.2, 0.25) is 0 Å². The molecule has 0 aliphatic carbocycles. The molecule has 0 aliphatic rings. The van der Waals surface area contributed by atoms with Crippen LogP contribution in [0.4, 0.5) is 0 Å². The minimum absolute atomic E-state index is 0.145. The molecule has 0 saturated carbocycles. The molecule has 3 rings (SSSR count). The average Bonchev–Trinajstić information content (AvgIpc) is 2.66. The van der Waals surface area contributed by atoms with Crippen LogP contribution in [0.2, 0.25) is 0 Å². The van der Waals surface area contributed by atoms with Gasteiger partial charge in [-0.15, -0.1) is 0 Å². The Morgan fingerprint density at radius 3 is 2.36 bits per heavy atom. The molecule has 0 unspecified atom stereocenters. The van der Waals surface area contributed by atoms with Gasteiger partial charge in [0.15, 0.2) is 6.61 Å². The van der Waals surface area contributed by atoms with E-state index >= 15 is 0 Å². The summed E-state index contributed by atoms with van der Waals surface area (Å²) in [6, 6.07) is 22.6. The molecule has 25 heavy (non-hydrogen) atoms. The lowest BCUT2D eigenvalue weighted by Crippen LogP contribution is -2.31. The van der Waals surface area contributed by atoms with E-state index < -0.39 is 5.97 Å². The van der Waals surface area contributed by atoms with E-state index in [0.717, 1.165) is 16.3 Å². The van der Waals surface area contributed by atoms with Crippen molar-refractivity contribution in [3.8, 4) is 0 Å². The summed E-state index contributed by atoms with van der Waals surface area (Å²) in [5.74, 6) is -0.834. The Hall–Kier alpha value is -3.14. The molecule has 0 saturated heterocycles. The summed E-state index contributed by atoms with van der Waals surface area (Å²) in [6.07, 6.45) is 0. The Labute approximate surface area is 146 Å². The fourth-order valence-electron chi connectivity index (χ4n) is 2.64. The Kier molecular flexibility index (Phi) is 5.09. The molecule has 126 valence electrons. The van der Waals surface area contributed by atoms with Crippen LogP contribution in [0.25, 0.3) is 10.8 Å². The number of carbonyl (C=O) groups is 2. The number of amides is 1. The van der Waals surface area contributed by atoms with Crippen molar-refractivity contribution in [3.63, 3.8) is 0 Å². The number of carbonyl (C=O) groups excluding carboxylic acids is 2. The molecule has 0 fully saturated rings. The lowest BCUT2D eigenvalue weighted by Gasteiger charge is -2.14. The van der Waals surface area contributed by atoms with Gasteiger partial charge in [0.25, 0.3) is 5.91 Å². The third-order valence-corrected chi connectivity index (χ3v) is 4.00. The third kappa shape index (κ3) is 4.23. The SMILES string of the molecule is C[C@@H](NC(=O)COC(=O)c1ccc2ccccc2c1)c1ccccc1. The smallest absolute Gasteiger partial charge is 0.338 e. The number of esters is 1. The number of ether oxygens (including phenoxy) is 1. The molecular formula is C21H19NO3. The van der Waals surface area contributed by atoms with Crippen LogP contribution in [0.15, 0.2) is 72.8 Å². The molecule has 3 aromatic carbocycles. The predicted octanol–water partition coefficient (Wildman–Crippen LogP) is 3.87. The highest BCUT2D eigenvalue weighted by Gasteiger charge is 2.13. The molecule has 0 heterocycles. The van der Waals surface area contributed by atoms with Gasteiger partial charge in [-0.3, -0.25) is 4.79 Å². The van der Waals surface area contributed by atoms with Gasteiger partial charge in [-0.1, -0.05) is 60.7 Å². The summed E-state index contributed by atoms with van der Waals surface area (Å²) in [7, 11) is 0. The molecule has 0 aromatic heterocycles. The summed E-state index contributed by atoms with van der Waals surface area (Å²) >= 11 is 0. The van der Waals surface area contributed by atoms with E-state index in [0.29, 0.717) is 5.56 Å². The van der Waals surface area contributed by atoms with Crippen molar-refractivity contribution in [1.82, 2.24) is 5.32 Å². The van der Waals surface area contributed by atoms with Gasteiger partial charge in [-0.2, -0.15) is 0 Å². The first kappa shape index (κ1) is 16.7. The van der Waals surface area contributed by atoms with Crippen LogP contribution in [0.5, 0.6) is 0 Å². The molecule has 0 spiro atoms. The van der Waals surface area contributed by atoms with Gasteiger partial charge >= 0.3 is 5.97 Å². The Morgan fingerprint density at radius 2 is 1.60 bits per heavy atom. The fourth-order valence-corrected chi connectivity index (χ4v) is 2.64. The van der Waals surface area contributed by atoms with Crippen molar-refractivity contribution >= 4 is 22.6 Å². The van der Waals surface area contributed by atoms with Gasteiger partial charge in [0.05, 0.1) is 11.6 Å². The number of hydrogen-bond donors (Lipinski definition) is 1. The highest BCUT2D eigenvalue weighted by atomic mass is 16.5. The van der Waals surface area contributed by atoms with E-state index in [2.05, 4.69) is 5.32 Å². The molecule has 4 heteroatoms. The van der Waals surface area contributed by atoms with Crippen molar-refractivity contribution in [2.75, 3.05) is 6.61 Å². The lowest BCUT2D eigenvalue weighted by molar-refractivity contribution is -0.124. The van der Waals surface area contributed by atoms with Crippen molar-refractivity contribution in [2.24, 2.45) is 0 Å². The van der Waals surface area contributed by atoms with Crippen molar-refractivity contribution in [1.29, 1.82) is 0 Å². The van der Waals surface area contributed by atoms with Crippen LogP contribution in [-0.2, 0) is 9.53 Å². The molecule has 0 bridgehead atoms. The molecule has 4 nitrogen and oxygen atoms in total.